The van der Waals surface area contributed by atoms with Crippen molar-refractivity contribution in [3.05, 3.63) is 23.5 Å². The summed E-state index contributed by atoms with van der Waals surface area (Å²) in [7, 11) is 0. The average molecular weight is 275 g/mol. The van der Waals surface area contributed by atoms with Crippen molar-refractivity contribution in [2.24, 2.45) is 0 Å². The van der Waals surface area contributed by atoms with E-state index in [0.29, 0.717) is 5.56 Å². The molecule has 0 atom stereocenters. The van der Waals surface area contributed by atoms with Crippen molar-refractivity contribution in [1.29, 1.82) is 0 Å². The number of nitrogens with zero attached hydrogens (tertiary/aromatic N) is 2. The van der Waals surface area contributed by atoms with Crippen LogP contribution in [-0.4, -0.2) is 35.4 Å². The number of aromatic nitrogens is 1. The summed E-state index contributed by atoms with van der Waals surface area (Å²) in [5.41, 5.74) is 2.58. The molecule has 20 heavy (non-hydrogen) atoms. The molecule has 110 valence electrons. The molecule has 0 unspecified atom stereocenters. The molecule has 0 aliphatic carbocycles. The Bertz CT molecular complexity index is 451. The second-order valence-corrected chi connectivity index (χ2v) is 5.50. The monoisotopic (exact) mass is 275 g/mol. The number of carbonyl (C=O) groups excluding carboxylic acids is 1. The van der Waals surface area contributed by atoms with Gasteiger partial charge in [-0.15, -0.1) is 0 Å². The summed E-state index contributed by atoms with van der Waals surface area (Å²) < 4.78 is 0. The first kappa shape index (κ1) is 14.8. The zero-order valence-corrected chi connectivity index (χ0v) is 12.6. The van der Waals surface area contributed by atoms with Crippen molar-refractivity contribution in [2.75, 3.05) is 25.0 Å². The van der Waals surface area contributed by atoms with E-state index in [4.69, 9.17) is 0 Å². The molecule has 1 aromatic rings. The average Bonchev–Trinajstić information content (AvgIpc) is 2.73. The van der Waals surface area contributed by atoms with Gasteiger partial charge < -0.3 is 10.2 Å². The van der Waals surface area contributed by atoms with Crippen LogP contribution in [0, 0.1) is 6.92 Å². The van der Waals surface area contributed by atoms with Gasteiger partial charge in [-0.1, -0.05) is 19.8 Å². The molecule has 0 spiro atoms. The normalized spacial score (nSPS) is 15.8. The molecule has 1 N–H and O–H groups in total. The van der Waals surface area contributed by atoms with Crippen LogP contribution in [0.2, 0.25) is 0 Å². The molecule has 1 aromatic heterocycles. The fraction of sp³-hybridized carbons (Fsp3) is 0.625. The summed E-state index contributed by atoms with van der Waals surface area (Å²) in [6.07, 6.45) is 7.46. The number of aryl methyl sites for hydroxylation is 1. The molecule has 0 bridgehead atoms. The van der Waals surface area contributed by atoms with Crippen molar-refractivity contribution >= 4 is 11.6 Å². The molecule has 4 nitrogen and oxygen atoms in total. The van der Waals surface area contributed by atoms with Gasteiger partial charge in [0.1, 0.15) is 0 Å². The van der Waals surface area contributed by atoms with E-state index in [1.165, 1.54) is 12.8 Å². The Morgan fingerprint density at radius 1 is 1.30 bits per heavy atom. The molecule has 1 saturated heterocycles. The topological polar surface area (TPSA) is 45.2 Å². The summed E-state index contributed by atoms with van der Waals surface area (Å²) >= 11 is 0. The molecule has 4 heteroatoms. The Morgan fingerprint density at radius 3 is 2.65 bits per heavy atom. The van der Waals surface area contributed by atoms with Crippen molar-refractivity contribution in [1.82, 2.24) is 9.88 Å². The lowest BCUT2D eigenvalue weighted by molar-refractivity contribution is 0.0762. The second-order valence-electron chi connectivity index (χ2n) is 5.50. The SMILES string of the molecule is CCCNc1cc(C)ncc1C(=O)N1CCCCCC1. The lowest BCUT2D eigenvalue weighted by Crippen LogP contribution is -2.32. The fourth-order valence-corrected chi connectivity index (χ4v) is 2.58. The van der Waals surface area contributed by atoms with E-state index in [1.54, 1.807) is 6.20 Å². The van der Waals surface area contributed by atoms with Crippen LogP contribution in [0.5, 0.6) is 0 Å². The van der Waals surface area contributed by atoms with Crippen LogP contribution in [0.3, 0.4) is 0 Å². The van der Waals surface area contributed by atoms with E-state index >= 15 is 0 Å². The summed E-state index contributed by atoms with van der Waals surface area (Å²) in [6, 6.07) is 1.97. The predicted molar refractivity (Wildman–Crippen MR) is 82.1 cm³/mol. The van der Waals surface area contributed by atoms with Crippen LogP contribution in [0.25, 0.3) is 0 Å². The summed E-state index contributed by atoms with van der Waals surface area (Å²) in [4.78, 5) is 19.0. The number of hydrogen-bond donors (Lipinski definition) is 1. The maximum absolute atomic E-state index is 12.7. The van der Waals surface area contributed by atoms with E-state index in [9.17, 15) is 4.79 Å². The van der Waals surface area contributed by atoms with E-state index in [0.717, 1.165) is 50.3 Å². The zero-order chi connectivity index (χ0) is 14.4. The molecule has 1 fully saturated rings. The zero-order valence-electron chi connectivity index (χ0n) is 12.6. The highest BCUT2D eigenvalue weighted by Crippen LogP contribution is 2.20. The fourth-order valence-electron chi connectivity index (χ4n) is 2.58. The van der Waals surface area contributed by atoms with E-state index in [-0.39, 0.29) is 5.91 Å². The third-order valence-electron chi connectivity index (χ3n) is 3.73. The molecular weight excluding hydrogens is 250 g/mol. The van der Waals surface area contributed by atoms with Crippen LogP contribution in [0.15, 0.2) is 12.3 Å². The van der Waals surface area contributed by atoms with Crippen LogP contribution < -0.4 is 5.32 Å². The number of hydrogen-bond acceptors (Lipinski definition) is 3. The first-order valence-corrected chi connectivity index (χ1v) is 7.72. The van der Waals surface area contributed by atoms with Crippen molar-refractivity contribution in [2.45, 2.75) is 46.0 Å². The highest BCUT2D eigenvalue weighted by molar-refractivity contribution is 5.99. The minimum absolute atomic E-state index is 0.123. The van der Waals surface area contributed by atoms with Crippen molar-refractivity contribution in [3.8, 4) is 0 Å². The third-order valence-corrected chi connectivity index (χ3v) is 3.73. The molecule has 0 radical (unpaired) electrons. The van der Waals surface area contributed by atoms with Crippen LogP contribution in [-0.2, 0) is 0 Å². The Balaban J connectivity index is 2.18. The van der Waals surface area contributed by atoms with Gasteiger partial charge in [-0.25, -0.2) is 0 Å². The molecule has 2 rings (SSSR count). The quantitative estimate of drug-likeness (QED) is 0.917. The van der Waals surface area contributed by atoms with Gasteiger partial charge in [0.15, 0.2) is 0 Å². The molecule has 1 amide bonds. The number of pyridine rings is 1. The van der Waals surface area contributed by atoms with Gasteiger partial charge in [-0.05, 0) is 32.3 Å². The van der Waals surface area contributed by atoms with Crippen LogP contribution >= 0.6 is 0 Å². The lowest BCUT2D eigenvalue weighted by Gasteiger charge is -2.22. The van der Waals surface area contributed by atoms with E-state index in [2.05, 4.69) is 17.2 Å². The van der Waals surface area contributed by atoms with Crippen molar-refractivity contribution < 1.29 is 4.79 Å². The minimum atomic E-state index is 0.123. The maximum Gasteiger partial charge on any atom is 0.257 e. The second kappa shape index (κ2) is 7.27. The standard InChI is InChI=1S/C16H25N3O/c1-3-8-17-15-11-13(2)18-12-14(15)16(20)19-9-6-4-5-7-10-19/h11-12H,3-10H2,1-2H3,(H,17,18). The Labute approximate surface area is 121 Å². The predicted octanol–water partition coefficient (Wildman–Crippen LogP) is 3.23. The number of nitrogens with one attached hydrogen (secondary N) is 1. The molecular formula is C16H25N3O. The third kappa shape index (κ3) is 3.71. The lowest BCUT2D eigenvalue weighted by atomic mass is 10.1. The summed E-state index contributed by atoms with van der Waals surface area (Å²) in [5, 5.41) is 3.35. The van der Waals surface area contributed by atoms with Gasteiger partial charge in [0.25, 0.3) is 5.91 Å². The Kier molecular flexibility index (Phi) is 5.39. The van der Waals surface area contributed by atoms with E-state index < -0.39 is 0 Å². The molecule has 0 aromatic carbocycles. The van der Waals surface area contributed by atoms with Gasteiger partial charge in [-0.3, -0.25) is 9.78 Å². The number of rotatable bonds is 4. The number of carbonyl (C=O) groups is 1. The highest BCUT2D eigenvalue weighted by atomic mass is 16.2. The molecule has 0 saturated carbocycles. The number of anilines is 1. The van der Waals surface area contributed by atoms with Gasteiger partial charge in [0, 0.05) is 31.5 Å². The Hall–Kier alpha value is -1.58. The minimum Gasteiger partial charge on any atom is -0.384 e. The van der Waals surface area contributed by atoms with Crippen LogP contribution in [0.1, 0.15) is 55.1 Å². The van der Waals surface area contributed by atoms with E-state index in [1.807, 2.05) is 17.9 Å². The Morgan fingerprint density at radius 2 is 2.00 bits per heavy atom. The molecule has 2 heterocycles. The van der Waals surface area contributed by atoms with Gasteiger partial charge in [-0.2, -0.15) is 0 Å². The van der Waals surface area contributed by atoms with Gasteiger partial charge in [0.05, 0.1) is 11.3 Å². The van der Waals surface area contributed by atoms with Crippen molar-refractivity contribution in [3.63, 3.8) is 0 Å². The number of likely N-dealkylation sites (tertiary alicyclic amines) is 1. The number of amides is 1. The largest absolute Gasteiger partial charge is 0.384 e. The first-order chi connectivity index (χ1) is 9.72. The highest BCUT2D eigenvalue weighted by Gasteiger charge is 2.20. The van der Waals surface area contributed by atoms with Crippen LogP contribution in [0.4, 0.5) is 5.69 Å². The molecule has 1 aliphatic heterocycles. The molecule has 1 aliphatic rings. The summed E-state index contributed by atoms with van der Waals surface area (Å²) in [5.74, 6) is 0.123. The maximum atomic E-state index is 12.7. The first-order valence-electron chi connectivity index (χ1n) is 7.72. The van der Waals surface area contributed by atoms with Gasteiger partial charge in [0.2, 0.25) is 0 Å². The smallest absolute Gasteiger partial charge is 0.257 e. The van der Waals surface area contributed by atoms with Gasteiger partial charge >= 0.3 is 0 Å². The summed E-state index contributed by atoms with van der Waals surface area (Å²) in [6.45, 7) is 6.71.